The molecule has 0 unspecified atom stereocenters. The fourth-order valence-electron chi connectivity index (χ4n) is 0.527. The molecule has 4 N–H and O–H groups in total. The van der Waals surface area contributed by atoms with Gasteiger partial charge >= 0.3 is 0 Å². The average Bonchev–Trinajstić information content (AvgIpc) is 1.83. The number of pyridine rings is 1. The minimum atomic E-state index is -0.363. The molecule has 1 aromatic rings. The van der Waals surface area contributed by atoms with Gasteiger partial charge in [0.1, 0.15) is 0 Å². The highest BCUT2D eigenvalue weighted by Crippen LogP contribution is 1.86. The van der Waals surface area contributed by atoms with Crippen LogP contribution in [0.4, 0.5) is 5.69 Å². The summed E-state index contributed by atoms with van der Waals surface area (Å²) in [5.74, 6) is 5.14. The summed E-state index contributed by atoms with van der Waals surface area (Å²) < 4.78 is 0.940. The van der Waals surface area contributed by atoms with Crippen molar-refractivity contribution in [3.05, 3.63) is 28.7 Å². The highest BCUT2D eigenvalue weighted by atomic mass is 16.1. The Morgan fingerprint density at radius 2 is 2.22 bits per heavy atom. The van der Waals surface area contributed by atoms with Crippen LogP contribution in [0.3, 0.4) is 0 Å². The normalized spacial score (nSPS) is 9.33. The van der Waals surface area contributed by atoms with Crippen molar-refractivity contribution < 1.29 is 0 Å². The van der Waals surface area contributed by atoms with Crippen LogP contribution >= 0.6 is 0 Å². The maximum atomic E-state index is 10.7. The Morgan fingerprint density at radius 1 is 1.56 bits per heavy atom. The van der Waals surface area contributed by atoms with Crippen LogP contribution in [0.2, 0.25) is 0 Å². The van der Waals surface area contributed by atoms with Crippen LogP contribution in [0.25, 0.3) is 0 Å². The quantitative estimate of drug-likeness (QED) is 0.443. The predicted molar refractivity (Wildman–Crippen MR) is 35.3 cm³/mol. The third-order valence-corrected chi connectivity index (χ3v) is 1.00. The van der Waals surface area contributed by atoms with Gasteiger partial charge in [-0.2, -0.15) is 0 Å². The summed E-state index contributed by atoms with van der Waals surface area (Å²) in [7, 11) is 0. The van der Waals surface area contributed by atoms with Crippen molar-refractivity contribution in [2.45, 2.75) is 0 Å². The number of hydrogen-bond acceptors (Lipinski definition) is 3. The molecule has 0 radical (unpaired) electrons. The first-order valence-corrected chi connectivity index (χ1v) is 2.44. The van der Waals surface area contributed by atoms with E-state index in [4.69, 9.17) is 11.6 Å². The lowest BCUT2D eigenvalue weighted by atomic mass is 10.4. The molecular formula is C5H7N3O. The van der Waals surface area contributed by atoms with Crippen LogP contribution in [-0.2, 0) is 0 Å². The third-order valence-electron chi connectivity index (χ3n) is 1.00. The minimum Gasteiger partial charge on any atom is -0.394 e. The molecule has 1 aromatic heterocycles. The molecule has 0 spiro atoms. The topological polar surface area (TPSA) is 74.0 Å². The largest absolute Gasteiger partial charge is 0.394 e. The fraction of sp³-hybridized carbons (Fsp3) is 0. The monoisotopic (exact) mass is 125 g/mol. The molecule has 0 aromatic carbocycles. The zero-order valence-corrected chi connectivity index (χ0v) is 4.74. The van der Waals surface area contributed by atoms with Gasteiger partial charge in [-0.15, -0.1) is 0 Å². The van der Waals surface area contributed by atoms with Crippen molar-refractivity contribution >= 4 is 5.69 Å². The van der Waals surface area contributed by atoms with Crippen LogP contribution in [0, 0.1) is 0 Å². The van der Waals surface area contributed by atoms with E-state index in [0.717, 1.165) is 4.68 Å². The van der Waals surface area contributed by atoms with Crippen molar-refractivity contribution in [1.29, 1.82) is 0 Å². The van der Waals surface area contributed by atoms with Gasteiger partial charge in [-0.05, 0) is 12.1 Å². The van der Waals surface area contributed by atoms with Crippen molar-refractivity contribution in [1.82, 2.24) is 4.68 Å². The van der Waals surface area contributed by atoms with Crippen LogP contribution in [0.1, 0.15) is 0 Å². The molecule has 0 saturated carbocycles. The van der Waals surface area contributed by atoms with E-state index in [2.05, 4.69) is 0 Å². The SMILES string of the molecule is Nc1cccn(N)c1=O. The first-order valence-electron chi connectivity index (χ1n) is 2.44. The van der Waals surface area contributed by atoms with E-state index in [1.165, 1.54) is 12.3 Å². The molecule has 1 rings (SSSR count). The lowest BCUT2D eigenvalue weighted by Crippen LogP contribution is -2.27. The van der Waals surface area contributed by atoms with E-state index in [-0.39, 0.29) is 11.2 Å². The molecule has 4 nitrogen and oxygen atoms in total. The number of rotatable bonds is 0. The van der Waals surface area contributed by atoms with Gasteiger partial charge in [-0.1, -0.05) is 0 Å². The lowest BCUT2D eigenvalue weighted by Gasteiger charge is -1.94. The van der Waals surface area contributed by atoms with Crippen molar-refractivity contribution in [3.63, 3.8) is 0 Å². The highest BCUT2D eigenvalue weighted by molar-refractivity contribution is 5.33. The molecule has 0 aliphatic rings. The Balaban J connectivity index is 3.43. The van der Waals surface area contributed by atoms with Crippen LogP contribution in [0.15, 0.2) is 23.1 Å². The van der Waals surface area contributed by atoms with E-state index < -0.39 is 0 Å². The molecule has 0 atom stereocenters. The molecule has 0 fully saturated rings. The molecule has 0 aliphatic carbocycles. The third kappa shape index (κ3) is 0.861. The Morgan fingerprint density at radius 3 is 2.67 bits per heavy atom. The second-order valence-electron chi connectivity index (χ2n) is 1.68. The predicted octanol–water partition coefficient (Wildman–Crippen LogP) is -0.856. The van der Waals surface area contributed by atoms with Crippen LogP contribution < -0.4 is 17.1 Å². The molecule has 9 heavy (non-hydrogen) atoms. The molecule has 0 aliphatic heterocycles. The van der Waals surface area contributed by atoms with E-state index >= 15 is 0 Å². The Hall–Kier alpha value is -1.45. The summed E-state index contributed by atoms with van der Waals surface area (Å²) in [5.41, 5.74) is 5.01. The van der Waals surface area contributed by atoms with Gasteiger partial charge in [-0.3, -0.25) is 4.79 Å². The van der Waals surface area contributed by atoms with Crippen molar-refractivity contribution in [2.75, 3.05) is 11.6 Å². The number of nitrogens with two attached hydrogens (primary N) is 2. The maximum absolute atomic E-state index is 10.7. The van der Waals surface area contributed by atoms with Gasteiger partial charge in [0.15, 0.2) is 0 Å². The Labute approximate surface area is 51.7 Å². The summed E-state index contributed by atoms with van der Waals surface area (Å²) in [6.07, 6.45) is 1.44. The van der Waals surface area contributed by atoms with E-state index in [1.807, 2.05) is 0 Å². The number of hydrogen-bond donors (Lipinski definition) is 2. The molecule has 0 bridgehead atoms. The molecule has 4 heteroatoms. The Bertz CT molecular complexity index is 242. The number of nitrogens with zero attached hydrogens (tertiary/aromatic N) is 1. The second-order valence-corrected chi connectivity index (χ2v) is 1.68. The maximum Gasteiger partial charge on any atom is 0.291 e. The van der Waals surface area contributed by atoms with Gasteiger partial charge in [-0.25, -0.2) is 4.68 Å². The van der Waals surface area contributed by atoms with Gasteiger partial charge in [0.2, 0.25) is 0 Å². The second kappa shape index (κ2) is 1.81. The van der Waals surface area contributed by atoms with Gasteiger partial charge in [0, 0.05) is 6.20 Å². The standard InChI is InChI=1S/C5H7N3O/c6-4-2-1-3-8(7)5(4)9/h1-3H,6-7H2. The molecular weight excluding hydrogens is 118 g/mol. The summed E-state index contributed by atoms with van der Waals surface area (Å²) in [6.45, 7) is 0. The molecule has 0 amide bonds. The van der Waals surface area contributed by atoms with Crippen LogP contribution in [0.5, 0.6) is 0 Å². The zero-order chi connectivity index (χ0) is 6.85. The highest BCUT2D eigenvalue weighted by Gasteiger charge is 1.91. The molecule has 0 saturated heterocycles. The number of anilines is 1. The summed E-state index contributed by atoms with van der Waals surface area (Å²) in [5, 5.41) is 0. The molecule has 1 heterocycles. The Kier molecular flexibility index (Phi) is 1.14. The van der Waals surface area contributed by atoms with Crippen molar-refractivity contribution in [2.24, 2.45) is 0 Å². The number of nitrogen functional groups attached to an aromatic ring is 2. The minimum absolute atomic E-state index is 0.167. The van der Waals surface area contributed by atoms with Crippen LogP contribution in [-0.4, -0.2) is 4.68 Å². The first-order chi connectivity index (χ1) is 4.22. The lowest BCUT2D eigenvalue weighted by molar-refractivity contribution is 0.941. The zero-order valence-electron chi connectivity index (χ0n) is 4.74. The van der Waals surface area contributed by atoms with Gasteiger partial charge in [0.25, 0.3) is 5.56 Å². The number of aromatic nitrogens is 1. The van der Waals surface area contributed by atoms with E-state index in [1.54, 1.807) is 6.07 Å². The smallest absolute Gasteiger partial charge is 0.291 e. The van der Waals surface area contributed by atoms with Gasteiger partial charge in [0.05, 0.1) is 5.69 Å². The average molecular weight is 125 g/mol. The van der Waals surface area contributed by atoms with E-state index in [0.29, 0.717) is 0 Å². The molecule has 48 valence electrons. The van der Waals surface area contributed by atoms with Crippen molar-refractivity contribution in [3.8, 4) is 0 Å². The first kappa shape index (κ1) is 5.68. The summed E-state index contributed by atoms with van der Waals surface area (Å²) in [4.78, 5) is 10.7. The van der Waals surface area contributed by atoms with E-state index in [9.17, 15) is 4.79 Å². The van der Waals surface area contributed by atoms with Gasteiger partial charge < -0.3 is 11.6 Å². The summed E-state index contributed by atoms with van der Waals surface area (Å²) >= 11 is 0. The fourth-order valence-corrected chi connectivity index (χ4v) is 0.527. The summed E-state index contributed by atoms with van der Waals surface area (Å²) in [6, 6.07) is 3.11.